The van der Waals surface area contributed by atoms with Crippen molar-refractivity contribution in [2.75, 3.05) is 26.3 Å². The van der Waals surface area contributed by atoms with Crippen LogP contribution < -0.4 is 4.74 Å². The molecule has 1 aliphatic rings. The second kappa shape index (κ2) is 5.68. The number of carbonyl (C=O) groups excluding carboxylic acids is 1. The third-order valence-corrected chi connectivity index (χ3v) is 3.00. The van der Waals surface area contributed by atoms with E-state index in [2.05, 4.69) is 0 Å². The number of carbonyl (C=O) groups is 1. The van der Waals surface area contributed by atoms with Crippen molar-refractivity contribution in [3.8, 4) is 5.75 Å². The Labute approximate surface area is 101 Å². The Morgan fingerprint density at radius 2 is 2.18 bits per heavy atom. The lowest BCUT2D eigenvalue weighted by Crippen LogP contribution is -2.33. The third kappa shape index (κ3) is 3.20. The number of ether oxygens (including phenoxy) is 1. The van der Waals surface area contributed by atoms with Crippen LogP contribution in [0, 0.1) is 5.92 Å². The van der Waals surface area contributed by atoms with Crippen molar-refractivity contribution < 1.29 is 14.6 Å². The van der Waals surface area contributed by atoms with E-state index < -0.39 is 0 Å². The van der Waals surface area contributed by atoms with E-state index in [9.17, 15) is 4.79 Å². The molecule has 1 unspecified atom stereocenters. The second-order valence-electron chi connectivity index (χ2n) is 4.28. The summed E-state index contributed by atoms with van der Waals surface area (Å²) in [5.74, 6) is 0.930. The van der Waals surface area contributed by atoms with Gasteiger partial charge in [-0.25, -0.2) is 0 Å². The van der Waals surface area contributed by atoms with Gasteiger partial charge >= 0.3 is 0 Å². The maximum Gasteiger partial charge on any atom is 0.260 e. The Bertz CT molecular complexity index is 366. The number of aliphatic hydroxyl groups is 1. The average Bonchev–Trinajstić information content (AvgIpc) is 2.86. The van der Waals surface area contributed by atoms with Crippen LogP contribution in [-0.4, -0.2) is 42.2 Å². The van der Waals surface area contributed by atoms with Gasteiger partial charge in [0.2, 0.25) is 0 Å². The van der Waals surface area contributed by atoms with E-state index in [1.165, 1.54) is 0 Å². The zero-order valence-corrected chi connectivity index (χ0v) is 9.71. The van der Waals surface area contributed by atoms with E-state index in [0.29, 0.717) is 12.3 Å². The summed E-state index contributed by atoms with van der Waals surface area (Å²) in [5, 5.41) is 9.00. The minimum absolute atomic E-state index is 0.00944. The third-order valence-electron chi connectivity index (χ3n) is 3.00. The van der Waals surface area contributed by atoms with Crippen LogP contribution in [0.25, 0.3) is 0 Å². The van der Waals surface area contributed by atoms with Gasteiger partial charge in [-0.15, -0.1) is 0 Å². The predicted octanol–water partition coefficient (Wildman–Crippen LogP) is 0.906. The highest BCUT2D eigenvalue weighted by molar-refractivity contribution is 5.78. The fourth-order valence-corrected chi connectivity index (χ4v) is 1.96. The van der Waals surface area contributed by atoms with Crippen molar-refractivity contribution in [1.29, 1.82) is 0 Å². The molecule has 92 valence electrons. The van der Waals surface area contributed by atoms with Gasteiger partial charge in [0.1, 0.15) is 5.75 Å². The van der Waals surface area contributed by atoms with Crippen LogP contribution in [0.15, 0.2) is 30.3 Å². The van der Waals surface area contributed by atoms with E-state index in [1.807, 2.05) is 30.3 Å². The maximum absolute atomic E-state index is 11.8. The monoisotopic (exact) mass is 235 g/mol. The number of nitrogens with zero attached hydrogens (tertiary/aromatic N) is 1. The Kier molecular flexibility index (Phi) is 3.98. The van der Waals surface area contributed by atoms with Gasteiger partial charge in [0.15, 0.2) is 6.61 Å². The number of hydrogen-bond donors (Lipinski definition) is 1. The minimum atomic E-state index is -0.00944. The maximum atomic E-state index is 11.8. The SMILES string of the molecule is O=C(COc1ccccc1)N1CCC(CO)C1. The summed E-state index contributed by atoms with van der Waals surface area (Å²) in [6.45, 7) is 1.60. The van der Waals surface area contributed by atoms with Crippen molar-refractivity contribution >= 4 is 5.91 Å². The normalized spacial score (nSPS) is 19.4. The van der Waals surface area contributed by atoms with Crippen LogP contribution >= 0.6 is 0 Å². The summed E-state index contributed by atoms with van der Waals surface area (Å²) in [5.41, 5.74) is 0. The zero-order valence-electron chi connectivity index (χ0n) is 9.71. The zero-order chi connectivity index (χ0) is 12.1. The summed E-state index contributed by atoms with van der Waals surface area (Å²) in [4.78, 5) is 13.6. The van der Waals surface area contributed by atoms with Gasteiger partial charge in [0, 0.05) is 25.6 Å². The van der Waals surface area contributed by atoms with Gasteiger partial charge < -0.3 is 14.7 Å². The molecule has 0 bridgehead atoms. The van der Waals surface area contributed by atoms with Crippen LogP contribution in [0.5, 0.6) is 5.75 Å². The first-order chi connectivity index (χ1) is 8.29. The molecule has 1 aromatic carbocycles. The number of hydrogen-bond acceptors (Lipinski definition) is 3. The lowest BCUT2D eigenvalue weighted by Gasteiger charge is -2.16. The molecule has 0 aliphatic carbocycles. The van der Waals surface area contributed by atoms with Crippen molar-refractivity contribution in [2.45, 2.75) is 6.42 Å². The number of aliphatic hydroxyl groups excluding tert-OH is 1. The van der Waals surface area contributed by atoms with Crippen molar-refractivity contribution in [3.63, 3.8) is 0 Å². The minimum Gasteiger partial charge on any atom is -0.484 e. The van der Waals surface area contributed by atoms with Crippen molar-refractivity contribution in [3.05, 3.63) is 30.3 Å². The smallest absolute Gasteiger partial charge is 0.260 e. The van der Waals surface area contributed by atoms with E-state index in [0.717, 1.165) is 13.0 Å². The van der Waals surface area contributed by atoms with Crippen LogP contribution in [0.2, 0.25) is 0 Å². The van der Waals surface area contributed by atoms with Gasteiger partial charge in [-0.2, -0.15) is 0 Å². The van der Waals surface area contributed by atoms with Crippen molar-refractivity contribution in [1.82, 2.24) is 4.90 Å². The van der Waals surface area contributed by atoms with Gasteiger partial charge in [0.25, 0.3) is 5.91 Å². The van der Waals surface area contributed by atoms with Crippen LogP contribution in [0.1, 0.15) is 6.42 Å². The largest absolute Gasteiger partial charge is 0.484 e. The molecule has 0 saturated carbocycles. The van der Waals surface area contributed by atoms with E-state index in [4.69, 9.17) is 9.84 Å². The molecule has 4 nitrogen and oxygen atoms in total. The van der Waals surface area contributed by atoms with Crippen LogP contribution in [0.3, 0.4) is 0 Å². The number of para-hydroxylation sites is 1. The van der Waals surface area contributed by atoms with Crippen molar-refractivity contribution in [2.24, 2.45) is 5.92 Å². The average molecular weight is 235 g/mol. The molecule has 0 aromatic heterocycles. The molecular formula is C13H17NO3. The van der Waals surface area contributed by atoms with Gasteiger partial charge in [0.05, 0.1) is 0 Å². The highest BCUT2D eigenvalue weighted by Gasteiger charge is 2.25. The highest BCUT2D eigenvalue weighted by atomic mass is 16.5. The topological polar surface area (TPSA) is 49.8 Å². The molecule has 1 heterocycles. The molecule has 1 atom stereocenters. The molecule has 0 radical (unpaired) electrons. The molecule has 1 amide bonds. The molecule has 17 heavy (non-hydrogen) atoms. The van der Waals surface area contributed by atoms with Gasteiger partial charge in [-0.3, -0.25) is 4.79 Å². The first-order valence-corrected chi connectivity index (χ1v) is 5.86. The standard InChI is InChI=1S/C13H17NO3/c15-9-11-6-7-14(8-11)13(16)10-17-12-4-2-1-3-5-12/h1-5,11,15H,6-10H2. The Hall–Kier alpha value is -1.55. The lowest BCUT2D eigenvalue weighted by atomic mass is 10.1. The summed E-state index contributed by atoms with van der Waals surface area (Å²) >= 11 is 0. The van der Waals surface area contributed by atoms with Gasteiger partial charge in [-0.05, 0) is 18.6 Å². The lowest BCUT2D eigenvalue weighted by molar-refractivity contribution is -0.132. The Balaban J connectivity index is 1.78. The molecule has 4 heteroatoms. The summed E-state index contributed by atoms with van der Waals surface area (Å²) in [7, 11) is 0. The van der Waals surface area contributed by atoms with E-state index in [-0.39, 0.29) is 25.0 Å². The fraction of sp³-hybridized carbons (Fsp3) is 0.462. The number of likely N-dealkylation sites (tertiary alicyclic amines) is 1. The van der Waals surface area contributed by atoms with Crippen LogP contribution in [-0.2, 0) is 4.79 Å². The Morgan fingerprint density at radius 3 is 2.82 bits per heavy atom. The van der Waals surface area contributed by atoms with E-state index in [1.54, 1.807) is 4.90 Å². The molecule has 2 rings (SSSR count). The summed E-state index contributed by atoms with van der Waals surface area (Å²) in [6, 6.07) is 9.30. The number of rotatable bonds is 4. The molecule has 1 N–H and O–H groups in total. The van der Waals surface area contributed by atoms with E-state index >= 15 is 0 Å². The predicted molar refractivity (Wildman–Crippen MR) is 63.7 cm³/mol. The summed E-state index contributed by atoms with van der Waals surface area (Å²) < 4.78 is 5.40. The molecular weight excluding hydrogens is 218 g/mol. The number of benzene rings is 1. The fourth-order valence-electron chi connectivity index (χ4n) is 1.96. The first-order valence-electron chi connectivity index (χ1n) is 5.86. The highest BCUT2D eigenvalue weighted by Crippen LogP contribution is 2.16. The second-order valence-corrected chi connectivity index (χ2v) is 4.28. The first kappa shape index (κ1) is 11.9. The molecule has 1 aliphatic heterocycles. The molecule has 1 saturated heterocycles. The van der Waals surface area contributed by atoms with Crippen LogP contribution in [0.4, 0.5) is 0 Å². The molecule has 1 fully saturated rings. The van der Waals surface area contributed by atoms with Gasteiger partial charge in [-0.1, -0.05) is 18.2 Å². The quantitative estimate of drug-likeness (QED) is 0.843. The molecule has 0 spiro atoms. The summed E-state index contributed by atoms with van der Waals surface area (Å²) in [6.07, 6.45) is 0.883. The Morgan fingerprint density at radius 1 is 1.41 bits per heavy atom. The number of amides is 1. The molecule has 1 aromatic rings.